The van der Waals surface area contributed by atoms with Crippen molar-refractivity contribution >= 4 is 10.0 Å². The predicted octanol–water partition coefficient (Wildman–Crippen LogP) is 0.469. The van der Waals surface area contributed by atoms with Gasteiger partial charge in [-0.1, -0.05) is 13.8 Å². The summed E-state index contributed by atoms with van der Waals surface area (Å²) in [4.78, 5) is 19.8. The molecule has 0 bridgehead atoms. The third kappa shape index (κ3) is 3.74. The first-order valence-corrected chi connectivity index (χ1v) is 8.53. The number of nitrogens with two attached hydrogens (primary N) is 1. The molecular weight excluding hydrogens is 328 g/mol. The van der Waals surface area contributed by atoms with Gasteiger partial charge >= 0.3 is 11.7 Å². The fraction of sp³-hybridized carbons (Fsp3) is 0.667. The molecule has 0 amide bonds. The van der Waals surface area contributed by atoms with Crippen molar-refractivity contribution in [2.45, 2.75) is 38.4 Å². The van der Waals surface area contributed by atoms with Gasteiger partial charge in [0.2, 0.25) is 10.0 Å². The molecule has 23 heavy (non-hydrogen) atoms. The van der Waals surface area contributed by atoms with E-state index in [4.69, 9.17) is 5.73 Å². The minimum absolute atomic E-state index is 0.257. The predicted molar refractivity (Wildman–Crippen MR) is 83.0 cm³/mol. The number of rotatable bonds is 8. The Labute approximate surface area is 134 Å². The minimum atomic E-state index is -3.97. The van der Waals surface area contributed by atoms with Crippen LogP contribution in [0.4, 0.5) is 0 Å². The van der Waals surface area contributed by atoms with Gasteiger partial charge in [0.15, 0.2) is 0 Å². The molecule has 2 unspecified atom stereocenters. The highest BCUT2D eigenvalue weighted by atomic mass is 32.2. The maximum Gasteiger partial charge on any atom is 0.362 e. The molecule has 0 heterocycles. The van der Waals surface area contributed by atoms with Gasteiger partial charge in [-0.05, 0) is 18.9 Å². The van der Waals surface area contributed by atoms with Crippen LogP contribution >= 0.6 is 0 Å². The Balaban J connectivity index is 3.30. The van der Waals surface area contributed by atoms with E-state index >= 15 is 0 Å². The average Bonchev–Trinajstić information content (AvgIpc) is 2.46. The molecule has 0 aromatic heterocycles. The second kappa shape index (κ2) is 7.15. The number of allylic oxidation sites excluding steroid dienone is 1. The van der Waals surface area contributed by atoms with Gasteiger partial charge in [-0.3, -0.25) is 26.0 Å². The summed E-state index contributed by atoms with van der Waals surface area (Å²) in [7, 11) is -3.97. The minimum Gasteiger partial charge on any atom is -0.264 e. The molecule has 0 spiro atoms. The molecule has 2 atom stereocenters. The Bertz CT molecular complexity index is 638. The summed E-state index contributed by atoms with van der Waals surface area (Å²) >= 11 is 0. The van der Waals surface area contributed by atoms with E-state index < -0.39 is 31.6 Å². The van der Waals surface area contributed by atoms with E-state index in [1.807, 2.05) is 0 Å². The summed E-state index contributed by atoms with van der Waals surface area (Å²) in [5.74, 6) is 0. The van der Waals surface area contributed by atoms with Crippen LogP contribution in [0.2, 0.25) is 0 Å². The normalized spacial score (nSPS) is 24.5. The lowest BCUT2D eigenvalue weighted by atomic mass is 9.97. The molecule has 1 rings (SSSR count). The van der Waals surface area contributed by atoms with Crippen molar-refractivity contribution in [3.05, 3.63) is 43.4 Å². The molecule has 0 radical (unpaired) electrons. The van der Waals surface area contributed by atoms with Crippen molar-refractivity contribution < 1.29 is 18.3 Å². The second-order valence-corrected chi connectivity index (χ2v) is 7.12. The van der Waals surface area contributed by atoms with E-state index in [1.54, 1.807) is 13.8 Å². The zero-order chi connectivity index (χ0) is 17.8. The van der Waals surface area contributed by atoms with Gasteiger partial charge in [0, 0.05) is 30.2 Å². The average molecular weight is 348 g/mol. The SMILES string of the molecule is CCCN(CCC)S(=O)(=O)C1=CC([N+](=O)[O-])C(N)([N+](=O)[O-])C=C1. The van der Waals surface area contributed by atoms with Crippen molar-refractivity contribution in [2.75, 3.05) is 13.1 Å². The van der Waals surface area contributed by atoms with Crippen molar-refractivity contribution in [3.8, 4) is 0 Å². The van der Waals surface area contributed by atoms with E-state index in [-0.39, 0.29) is 18.0 Å². The third-order valence-corrected chi connectivity index (χ3v) is 5.35. The summed E-state index contributed by atoms with van der Waals surface area (Å²) in [6.07, 6.45) is 3.63. The summed E-state index contributed by atoms with van der Waals surface area (Å²) < 4.78 is 26.4. The van der Waals surface area contributed by atoms with Crippen LogP contribution in [-0.4, -0.2) is 47.4 Å². The van der Waals surface area contributed by atoms with E-state index in [9.17, 15) is 28.6 Å². The van der Waals surface area contributed by atoms with Gasteiger partial charge in [-0.2, -0.15) is 4.31 Å². The van der Waals surface area contributed by atoms with Gasteiger partial charge in [0.1, 0.15) is 0 Å². The van der Waals surface area contributed by atoms with Crippen molar-refractivity contribution in [2.24, 2.45) is 5.73 Å². The van der Waals surface area contributed by atoms with E-state index in [2.05, 4.69) is 0 Å². The van der Waals surface area contributed by atoms with Crippen LogP contribution < -0.4 is 5.73 Å². The first-order valence-electron chi connectivity index (χ1n) is 7.09. The molecule has 0 aromatic carbocycles. The number of hydrogen-bond donors (Lipinski definition) is 1. The smallest absolute Gasteiger partial charge is 0.264 e. The Hall–Kier alpha value is -1.85. The first kappa shape index (κ1) is 19.2. The largest absolute Gasteiger partial charge is 0.362 e. The summed E-state index contributed by atoms with van der Waals surface area (Å²) in [5.41, 5.74) is 3.00. The molecule has 10 nitrogen and oxygen atoms in total. The van der Waals surface area contributed by atoms with Crippen LogP contribution in [0.3, 0.4) is 0 Å². The Kier molecular flexibility index (Phi) is 5.97. The lowest BCUT2D eigenvalue weighted by molar-refractivity contribution is -0.633. The number of nitrogens with zero attached hydrogens (tertiary/aromatic N) is 3. The molecule has 1 aliphatic carbocycles. The molecule has 2 N–H and O–H groups in total. The van der Waals surface area contributed by atoms with Crippen molar-refractivity contribution in [1.29, 1.82) is 0 Å². The maximum atomic E-state index is 12.6. The molecule has 11 heteroatoms. The quantitative estimate of drug-likeness (QED) is 0.380. The third-order valence-electron chi connectivity index (χ3n) is 3.44. The molecule has 0 aliphatic heterocycles. The van der Waals surface area contributed by atoms with Crippen LogP contribution in [0, 0.1) is 20.2 Å². The highest BCUT2D eigenvalue weighted by Gasteiger charge is 2.54. The molecular formula is C12H20N4O6S. The van der Waals surface area contributed by atoms with Crippen molar-refractivity contribution in [3.63, 3.8) is 0 Å². The van der Waals surface area contributed by atoms with Crippen LogP contribution in [0.15, 0.2) is 23.1 Å². The zero-order valence-electron chi connectivity index (χ0n) is 12.9. The van der Waals surface area contributed by atoms with Gasteiger partial charge in [-0.25, -0.2) is 8.42 Å². The number of hydrogen-bond acceptors (Lipinski definition) is 7. The Morgan fingerprint density at radius 3 is 2.17 bits per heavy atom. The molecule has 1 aliphatic rings. The molecule has 0 saturated carbocycles. The fourth-order valence-corrected chi connectivity index (χ4v) is 3.91. The topological polar surface area (TPSA) is 150 Å². The molecule has 0 saturated heterocycles. The second-order valence-electron chi connectivity index (χ2n) is 5.18. The monoisotopic (exact) mass is 348 g/mol. The van der Waals surface area contributed by atoms with Crippen LogP contribution in [-0.2, 0) is 10.0 Å². The zero-order valence-corrected chi connectivity index (χ0v) is 13.7. The van der Waals surface area contributed by atoms with Gasteiger partial charge in [0.05, 0.1) is 9.83 Å². The fourth-order valence-electron chi connectivity index (χ4n) is 2.23. The van der Waals surface area contributed by atoms with E-state index in [0.29, 0.717) is 12.8 Å². The summed E-state index contributed by atoms with van der Waals surface area (Å²) in [6.45, 7) is 4.13. The first-order chi connectivity index (χ1) is 10.6. The lowest BCUT2D eigenvalue weighted by Crippen LogP contribution is -2.59. The van der Waals surface area contributed by atoms with Crippen LogP contribution in [0.1, 0.15) is 26.7 Å². The van der Waals surface area contributed by atoms with E-state index in [1.165, 1.54) is 4.31 Å². The highest BCUT2D eigenvalue weighted by Crippen LogP contribution is 2.27. The lowest BCUT2D eigenvalue weighted by Gasteiger charge is -2.26. The number of nitro groups is 2. The van der Waals surface area contributed by atoms with Crippen LogP contribution in [0.5, 0.6) is 0 Å². The highest BCUT2D eigenvalue weighted by molar-refractivity contribution is 7.93. The molecule has 0 aromatic rings. The summed E-state index contributed by atoms with van der Waals surface area (Å²) in [5, 5.41) is 22.1. The molecule has 0 fully saturated rings. The van der Waals surface area contributed by atoms with Crippen LogP contribution in [0.25, 0.3) is 0 Å². The number of sulfonamides is 1. The van der Waals surface area contributed by atoms with E-state index in [0.717, 1.165) is 18.2 Å². The Morgan fingerprint density at radius 1 is 1.26 bits per heavy atom. The summed E-state index contributed by atoms with van der Waals surface area (Å²) in [6, 6.07) is -1.96. The van der Waals surface area contributed by atoms with Crippen molar-refractivity contribution in [1.82, 2.24) is 4.31 Å². The van der Waals surface area contributed by atoms with Gasteiger partial charge < -0.3 is 0 Å². The van der Waals surface area contributed by atoms with Gasteiger partial charge in [0.25, 0.3) is 0 Å². The molecule has 130 valence electrons. The Morgan fingerprint density at radius 2 is 1.78 bits per heavy atom. The van der Waals surface area contributed by atoms with Gasteiger partial charge in [-0.15, -0.1) is 0 Å². The standard InChI is InChI=1S/C12H20N4O6S/c1-3-7-14(8-4-2)23(21,22)10-5-6-12(13,16(19)20)11(9-10)15(17)18/h5-6,9,11H,3-4,7-8,13H2,1-2H3. The maximum absolute atomic E-state index is 12.6.